The minimum absolute atomic E-state index is 0.104. The predicted molar refractivity (Wildman–Crippen MR) is 99.9 cm³/mol. The van der Waals surface area contributed by atoms with E-state index in [9.17, 15) is 5.11 Å². The summed E-state index contributed by atoms with van der Waals surface area (Å²) in [4.78, 5) is 10.8. The molecule has 8 heteroatoms. The molecule has 1 aliphatic carbocycles. The number of methoxy groups -OCH3 is 3. The number of furan rings is 1. The van der Waals surface area contributed by atoms with E-state index in [4.69, 9.17) is 18.6 Å². The van der Waals surface area contributed by atoms with Gasteiger partial charge in [0.15, 0.2) is 0 Å². The molecule has 2 aromatic rings. The molecule has 1 saturated heterocycles. The number of ether oxygens (including phenoxy) is 3. The van der Waals surface area contributed by atoms with Crippen molar-refractivity contribution in [1.29, 1.82) is 0 Å². The molecular weight excluding hydrogens is 362 g/mol. The highest BCUT2D eigenvalue weighted by Crippen LogP contribution is 2.52. The van der Waals surface area contributed by atoms with Gasteiger partial charge in [-0.05, 0) is 30.9 Å². The fourth-order valence-electron chi connectivity index (χ4n) is 4.70. The maximum absolute atomic E-state index is 11.6. The first kappa shape index (κ1) is 19.2. The second kappa shape index (κ2) is 7.69. The smallest absolute Gasteiger partial charge is 0.319 e. The second-order valence-electron chi connectivity index (χ2n) is 7.60. The Morgan fingerprint density at radius 2 is 2.04 bits per heavy atom. The van der Waals surface area contributed by atoms with Crippen LogP contribution < -0.4 is 9.47 Å². The first-order valence-corrected chi connectivity index (χ1v) is 9.54. The zero-order valence-corrected chi connectivity index (χ0v) is 16.6. The summed E-state index contributed by atoms with van der Waals surface area (Å²) in [5.41, 5.74) is -0.355. The van der Waals surface area contributed by atoms with Crippen molar-refractivity contribution in [1.82, 2.24) is 14.9 Å². The Balaban J connectivity index is 1.51. The lowest BCUT2D eigenvalue weighted by atomic mass is 9.83. The first-order chi connectivity index (χ1) is 13.6. The van der Waals surface area contributed by atoms with Gasteiger partial charge < -0.3 is 23.7 Å². The number of hydrogen-bond donors (Lipinski definition) is 1. The normalized spacial score (nSPS) is 27.1. The lowest BCUT2D eigenvalue weighted by Crippen LogP contribution is -2.35. The van der Waals surface area contributed by atoms with Gasteiger partial charge in [0.2, 0.25) is 5.88 Å². The first-order valence-electron chi connectivity index (χ1n) is 9.54. The van der Waals surface area contributed by atoms with E-state index >= 15 is 0 Å². The van der Waals surface area contributed by atoms with E-state index in [1.54, 1.807) is 20.4 Å². The monoisotopic (exact) mass is 389 g/mol. The van der Waals surface area contributed by atoms with Crippen molar-refractivity contribution in [2.75, 3.05) is 34.4 Å². The lowest BCUT2D eigenvalue weighted by Gasteiger charge is -2.31. The van der Waals surface area contributed by atoms with Crippen molar-refractivity contribution < 1.29 is 23.7 Å². The highest BCUT2D eigenvalue weighted by Gasteiger charge is 2.54. The molecule has 4 rings (SSSR count). The summed E-state index contributed by atoms with van der Waals surface area (Å²) in [6, 6.07) is 4.18. The Morgan fingerprint density at radius 1 is 1.21 bits per heavy atom. The van der Waals surface area contributed by atoms with Gasteiger partial charge in [0.1, 0.15) is 23.7 Å². The molecule has 0 spiro atoms. The van der Waals surface area contributed by atoms with E-state index in [1.807, 2.05) is 12.1 Å². The molecular formula is C20H27N3O5. The van der Waals surface area contributed by atoms with Crippen LogP contribution >= 0.6 is 0 Å². The highest BCUT2D eigenvalue weighted by atomic mass is 16.5. The van der Waals surface area contributed by atoms with Gasteiger partial charge in [-0.1, -0.05) is 0 Å². The van der Waals surface area contributed by atoms with Gasteiger partial charge in [-0.2, -0.15) is 4.98 Å². The van der Waals surface area contributed by atoms with Crippen LogP contribution in [0.15, 0.2) is 22.7 Å². The van der Waals surface area contributed by atoms with Gasteiger partial charge in [0.05, 0.1) is 26.3 Å². The summed E-state index contributed by atoms with van der Waals surface area (Å²) in [7, 11) is 4.72. The summed E-state index contributed by atoms with van der Waals surface area (Å²) in [5.74, 6) is 2.65. The molecule has 1 saturated carbocycles. The summed E-state index contributed by atoms with van der Waals surface area (Å²) >= 11 is 0. The van der Waals surface area contributed by atoms with Gasteiger partial charge in [-0.15, -0.1) is 0 Å². The van der Waals surface area contributed by atoms with Crippen LogP contribution in [0.2, 0.25) is 0 Å². The van der Waals surface area contributed by atoms with Crippen LogP contribution in [0.1, 0.15) is 29.9 Å². The van der Waals surface area contributed by atoms with E-state index in [0.717, 1.165) is 37.6 Å². The molecule has 2 fully saturated rings. The van der Waals surface area contributed by atoms with Crippen molar-refractivity contribution >= 4 is 0 Å². The molecule has 2 aliphatic rings. The Bertz CT molecular complexity index is 826. The van der Waals surface area contributed by atoms with Crippen molar-refractivity contribution in [2.45, 2.75) is 31.6 Å². The average Bonchev–Trinajstić information content (AvgIpc) is 3.40. The molecule has 3 atom stereocenters. The summed E-state index contributed by atoms with van der Waals surface area (Å²) in [6.07, 6.45) is 3.28. The van der Waals surface area contributed by atoms with Crippen LogP contribution in [0.25, 0.3) is 0 Å². The van der Waals surface area contributed by atoms with Crippen LogP contribution in [-0.4, -0.2) is 54.4 Å². The predicted octanol–water partition coefficient (Wildman–Crippen LogP) is 1.96. The molecule has 152 valence electrons. The number of rotatable bonds is 7. The minimum Gasteiger partial charge on any atom is -0.481 e. The molecule has 1 N–H and O–H groups in total. The fourth-order valence-corrected chi connectivity index (χ4v) is 4.70. The van der Waals surface area contributed by atoms with E-state index in [2.05, 4.69) is 14.9 Å². The maximum Gasteiger partial charge on any atom is 0.319 e. The Morgan fingerprint density at radius 3 is 2.79 bits per heavy atom. The summed E-state index contributed by atoms with van der Waals surface area (Å²) in [6.45, 7) is 2.93. The standard InChI is InChI=1S/C20H27N3O5/c1-25-12-15-5-4-14(28-15)10-23-9-13-6-7-20(24,17(13)11-23)16-8-21-19(27-3)22-18(16)26-2/h4-5,8,13,17,24H,6-7,9-12H2,1-3H3/t13-,17+,20+/m0/s1. The van der Waals surface area contributed by atoms with Gasteiger partial charge in [-0.25, -0.2) is 4.98 Å². The molecule has 28 heavy (non-hydrogen) atoms. The number of nitrogens with zero attached hydrogens (tertiary/aromatic N) is 3. The molecule has 0 bridgehead atoms. The number of fused-ring (bicyclic) bond motifs is 1. The topological polar surface area (TPSA) is 90.1 Å². The van der Waals surface area contributed by atoms with E-state index in [-0.39, 0.29) is 11.9 Å². The van der Waals surface area contributed by atoms with Crippen LogP contribution in [0.4, 0.5) is 0 Å². The third kappa shape index (κ3) is 3.36. The Labute approximate surface area is 164 Å². The molecule has 0 radical (unpaired) electrons. The van der Waals surface area contributed by atoms with Crippen molar-refractivity contribution in [3.8, 4) is 11.9 Å². The molecule has 8 nitrogen and oxygen atoms in total. The van der Waals surface area contributed by atoms with E-state index in [0.29, 0.717) is 30.4 Å². The van der Waals surface area contributed by atoms with E-state index < -0.39 is 5.60 Å². The highest BCUT2D eigenvalue weighted by molar-refractivity contribution is 5.34. The molecule has 3 heterocycles. The largest absolute Gasteiger partial charge is 0.481 e. The third-order valence-electron chi connectivity index (χ3n) is 5.98. The van der Waals surface area contributed by atoms with Gasteiger partial charge >= 0.3 is 6.01 Å². The second-order valence-corrected chi connectivity index (χ2v) is 7.60. The quantitative estimate of drug-likeness (QED) is 0.769. The lowest BCUT2D eigenvalue weighted by molar-refractivity contribution is -0.00996. The molecule has 1 aliphatic heterocycles. The van der Waals surface area contributed by atoms with Crippen molar-refractivity contribution in [3.63, 3.8) is 0 Å². The molecule has 0 aromatic carbocycles. The molecule has 0 amide bonds. The zero-order chi connectivity index (χ0) is 19.7. The Kier molecular flexibility index (Phi) is 5.27. The SMILES string of the molecule is COCc1ccc(CN2C[C@@H]3CC[C@@](O)(c4cnc(OC)nc4OC)[C@@H]3C2)o1. The van der Waals surface area contributed by atoms with E-state index in [1.165, 1.54) is 7.11 Å². The van der Waals surface area contributed by atoms with Crippen LogP contribution in [0.5, 0.6) is 11.9 Å². The average molecular weight is 389 g/mol. The van der Waals surface area contributed by atoms with Crippen LogP contribution in [0, 0.1) is 11.8 Å². The minimum atomic E-state index is -0.999. The number of aromatic nitrogens is 2. The maximum atomic E-state index is 11.6. The van der Waals surface area contributed by atoms with Gasteiger partial charge in [0, 0.05) is 32.3 Å². The molecule has 2 aromatic heterocycles. The van der Waals surface area contributed by atoms with Crippen molar-refractivity contribution in [3.05, 3.63) is 35.4 Å². The summed E-state index contributed by atoms with van der Waals surface area (Å²) < 4.78 is 21.5. The Hall–Kier alpha value is -2.16. The fraction of sp³-hybridized carbons (Fsp3) is 0.600. The summed E-state index contributed by atoms with van der Waals surface area (Å²) in [5, 5.41) is 11.6. The number of aliphatic hydroxyl groups is 1. The number of hydrogen-bond acceptors (Lipinski definition) is 8. The van der Waals surface area contributed by atoms with Crippen LogP contribution in [-0.2, 0) is 23.5 Å². The third-order valence-corrected chi connectivity index (χ3v) is 5.98. The van der Waals surface area contributed by atoms with Gasteiger partial charge in [-0.3, -0.25) is 4.90 Å². The van der Waals surface area contributed by atoms with Crippen LogP contribution in [0.3, 0.4) is 0 Å². The zero-order valence-electron chi connectivity index (χ0n) is 16.6. The molecule has 0 unspecified atom stereocenters. The number of likely N-dealkylation sites (tertiary alicyclic amines) is 1. The van der Waals surface area contributed by atoms with Gasteiger partial charge in [0.25, 0.3) is 0 Å². The van der Waals surface area contributed by atoms with Crippen molar-refractivity contribution in [2.24, 2.45) is 11.8 Å².